The molecule has 0 unspecified atom stereocenters. The number of rotatable bonds is 6. The Morgan fingerprint density at radius 2 is 1.90 bits per heavy atom. The molecule has 4 aromatic rings. The first-order valence-corrected chi connectivity index (χ1v) is 9.15. The standard InChI is InChI=1S/C21H20N6O2/c1-3-12-22-19(28)14-8-4-6-10-16(14)23-13-18-24-25-21-26(2)20(29)15-9-5-7-11-17(15)27(18)21/h3-11,23H,1,12-13H2,2H3,(H,22,28). The van der Waals surface area contributed by atoms with Crippen LogP contribution in [0.4, 0.5) is 5.69 Å². The fourth-order valence-corrected chi connectivity index (χ4v) is 3.28. The number of benzene rings is 2. The predicted octanol–water partition coefficient (Wildman–Crippen LogP) is 2.11. The van der Waals surface area contributed by atoms with E-state index in [2.05, 4.69) is 27.4 Å². The summed E-state index contributed by atoms with van der Waals surface area (Å²) in [5.41, 5.74) is 1.83. The van der Waals surface area contributed by atoms with Gasteiger partial charge in [-0.2, -0.15) is 0 Å². The molecule has 1 amide bonds. The number of carbonyl (C=O) groups excluding carboxylic acids is 1. The summed E-state index contributed by atoms with van der Waals surface area (Å²) in [6.45, 7) is 4.33. The van der Waals surface area contributed by atoms with E-state index in [4.69, 9.17) is 0 Å². The molecule has 0 aliphatic carbocycles. The molecule has 2 heterocycles. The number of hydrogen-bond donors (Lipinski definition) is 2. The molecule has 0 atom stereocenters. The Labute approximate surface area is 166 Å². The summed E-state index contributed by atoms with van der Waals surface area (Å²) in [5.74, 6) is 0.905. The smallest absolute Gasteiger partial charge is 0.262 e. The molecule has 29 heavy (non-hydrogen) atoms. The van der Waals surface area contributed by atoms with E-state index in [-0.39, 0.29) is 11.5 Å². The van der Waals surface area contributed by atoms with Crippen LogP contribution in [0.3, 0.4) is 0 Å². The Hall–Kier alpha value is -3.94. The van der Waals surface area contributed by atoms with E-state index in [0.29, 0.717) is 41.3 Å². The number of aryl methyl sites for hydroxylation is 1. The molecule has 0 spiro atoms. The van der Waals surface area contributed by atoms with Crippen LogP contribution in [0.1, 0.15) is 16.2 Å². The van der Waals surface area contributed by atoms with Crippen LogP contribution in [0.25, 0.3) is 16.7 Å². The van der Waals surface area contributed by atoms with Crippen molar-refractivity contribution in [1.82, 2.24) is 24.5 Å². The van der Waals surface area contributed by atoms with Crippen LogP contribution in [0.2, 0.25) is 0 Å². The molecule has 2 aromatic heterocycles. The van der Waals surface area contributed by atoms with E-state index in [0.717, 1.165) is 5.52 Å². The maximum Gasteiger partial charge on any atom is 0.262 e. The van der Waals surface area contributed by atoms with Crippen LogP contribution in [-0.2, 0) is 13.6 Å². The van der Waals surface area contributed by atoms with Crippen molar-refractivity contribution < 1.29 is 4.79 Å². The summed E-state index contributed by atoms with van der Waals surface area (Å²) >= 11 is 0. The van der Waals surface area contributed by atoms with E-state index >= 15 is 0 Å². The highest BCUT2D eigenvalue weighted by molar-refractivity contribution is 5.99. The van der Waals surface area contributed by atoms with Gasteiger partial charge in [-0.05, 0) is 24.3 Å². The minimum atomic E-state index is -0.188. The van der Waals surface area contributed by atoms with E-state index < -0.39 is 0 Å². The van der Waals surface area contributed by atoms with Crippen molar-refractivity contribution in [2.75, 3.05) is 11.9 Å². The number of fused-ring (bicyclic) bond motifs is 3. The first-order chi connectivity index (χ1) is 14.1. The van der Waals surface area contributed by atoms with Gasteiger partial charge in [-0.3, -0.25) is 18.6 Å². The summed E-state index contributed by atoms with van der Waals surface area (Å²) in [7, 11) is 1.68. The molecular formula is C21H20N6O2. The Kier molecular flexibility index (Phi) is 4.82. The number of para-hydroxylation sites is 2. The molecule has 0 bridgehead atoms. The molecule has 0 radical (unpaired) electrons. The molecule has 2 N–H and O–H groups in total. The molecule has 0 saturated heterocycles. The van der Waals surface area contributed by atoms with Gasteiger partial charge in [0.1, 0.15) is 0 Å². The summed E-state index contributed by atoms with van der Waals surface area (Å²) in [6, 6.07) is 14.6. The van der Waals surface area contributed by atoms with Crippen molar-refractivity contribution in [3.05, 3.63) is 82.9 Å². The zero-order valence-electron chi connectivity index (χ0n) is 15.9. The number of nitrogens with zero attached hydrogens (tertiary/aromatic N) is 4. The number of carbonyl (C=O) groups is 1. The second-order valence-electron chi connectivity index (χ2n) is 6.53. The average Bonchev–Trinajstić information content (AvgIpc) is 3.19. The topological polar surface area (TPSA) is 93.3 Å². The van der Waals surface area contributed by atoms with E-state index in [9.17, 15) is 9.59 Å². The zero-order chi connectivity index (χ0) is 20.4. The number of amides is 1. The maximum atomic E-state index is 12.6. The Bertz CT molecular complexity index is 1290. The van der Waals surface area contributed by atoms with Gasteiger partial charge in [0.25, 0.3) is 11.5 Å². The normalized spacial score (nSPS) is 10.9. The minimum Gasteiger partial charge on any atom is -0.377 e. The first kappa shape index (κ1) is 18.4. The van der Waals surface area contributed by atoms with Crippen molar-refractivity contribution in [3.8, 4) is 0 Å². The molecule has 8 heteroatoms. The number of aromatic nitrogens is 4. The van der Waals surface area contributed by atoms with Gasteiger partial charge in [0.2, 0.25) is 5.78 Å². The molecule has 0 saturated carbocycles. The molecule has 0 fully saturated rings. The molecular weight excluding hydrogens is 368 g/mol. The van der Waals surface area contributed by atoms with Crippen LogP contribution in [-0.4, -0.2) is 31.6 Å². The SMILES string of the molecule is C=CCNC(=O)c1ccccc1NCc1nnc2n(C)c(=O)c3ccccc3n12. The molecule has 4 rings (SSSR count). The lowest BCUT2D eigenvalue weighted by Gasteiger charge is -2.12. The second-order valence-corrected chi connectivity index (χ2v) is 6.53. The van der Waals surface area contributed by atoms with Crippen LogP contribution < -0.4 is 16.2 Å². The highest BCUT2D eigenvalue weighted by Crippen LogP contribution is 2.18. The van der Waals surface area contributed by atoms with Crippen molar-refractivity contribution in [1.29, 1.82) is 0 Å². The Morgan fingerprint density at radius 3 is 2.72 bits per heavy atom. The number of hydrogen-bond acceptors (Lipinski definition) is 5. The molecule has 8 nitrogen and oxygen atoms in total. The van der Waals surface area contributed by atoms with Crippen molar-refractivity contribution in [3.63, 3.8) is 0 Å². The largest absolute Gasteiger partial charge is 0.377 e. The van der Waals surface area contributed by atoms with Gasteiger partial charge in [0, 0.05) is 19.3 Å². The maximum absolute atomic E-state index is 12.6. The van der Waals surface area contributed by atoms with Gasteiger partial charge in [-0.15, -0.1) is 16.8 Å². The number of anilines is 1. The molecule has 0 aliphatic heterocycles. The van der Waals surface area contributed by atoms with E-state index in [1.54, 1.807) is 25.3 Å². The van der Waals surface area contributed by atoms with E-state index in [1.807, 2.05) is 40.8 Å². The lowest BCUT2D eigenvalue weighted by Crippen LogP contribution is -2.24. The van der Waals surface area contributed by atoms with Crippen LogP contribution in [0, 0.1) is 0 Å². The number of nitrogens with one attached hydrogen (secondary N) is 2. The Balaban J connectivity index is 1.71. The summed E-state index contributed by atoms with van der Waals surface area (Å²) in [6.07, 6.45) is 1.63. The fourth-order valence-electron chi connectivity index (χ4n) is 3.28. The zero-order valence-corrected chi connectivity index (χ0v) is 15.9. The van der Waals surface area contributed by atoms with E-state index in [1.165, 1.54) is 4.57 Å². The molecule has 2 aromatic carbocycles. The summed E-state index contributed by atoms with van der Waals surface area (Å²) in [4.78, 5) is 24.9. The molecule has 146 valence electrons. The lowest BCUT2D eigenvalue weighted by atomic mass is 10.1. The lowest BCUT2D eigenvalue weighted by molar-refractivity contribution is 0.0959. The Morgan fingerprint density at radius 1 is 1.14 bits per heavy atom. The van der Waals surface area contributed by atoms with Crippen molar-refractivity contribution >= 4 is 28.3 Å². The first-order valence-electron chi connectivity index (χ1n) is 9.15. The molecule has 0 aliphatic rings. The monoisotopic (exact) mass is 388 g/mol. The fraction of sp³-hybridized carbons (Fsp3) is 0.143. The van der Waals surface area contributed by atoms with Gasteiger partial charge < -0.3 is 10.6 Å². The van der Waals surface area contributed by atoms with Crippen LogP contribution >= 0.6 is 0 Å². The minimum absolute atomic E-state index is 0.121. The summed E-state index contributed by atoms with van der Waals surface area (Å²) in [5, 5.41) is 15.1. The third kappa shape index (κ3) is 3.25. The van der Waals surface area contributed by atoms with Gasteiger partial charge >= 0.3 is 0 Å². The average molecular weight is 388 g/mol. The van der Waals surface area contributed by atoms with Crippen molar-refractivity contribution in [2.24, 2.45) is 7.05 Å². The van der Waals surface area contributed by atoms with Gasteiger partial charge in [0.05, 0.1) is 23.0 Å². The van der Waals surface area contributed by atoms with Crippen molar-refractivity contribution in [2.45, 2.75) is 6.54 Å². The van der Waals surface area contributed by atoms with Crippen LogP contribution in [0.15, 0.2) is 66.0 Å². The van der Waals surface area contributed by atoms with Gasteiger partial charge in [0.15, 0.2) is 5.82 Å². The van der Waals surface area contributed by atoms with Gasteiger partial charge in [-0.25, -0.2) is 0 Å². The highest BCUT2D eigenvalue weighted by Gasteiger charge is 2.15. The van der Waals surface area contributed by atoms with Crippen LogP contribution in [0.5, 0.6) is 0 Å². The quantitative estimate of drug-likeness (QED) is 0.494. The second kappa shape index (κ2) is 7.59. The highest BCUT2D eigenvalue weighted by atomic mass is 16.1. The van der Waals surface area contributed by atoms with Gasteiger partial charge in [-0.1, -0.05) is 30.3 Å². The predicted molar refractivity (Wildman–Crippen MR) is 112 cm³/mol. The third-order valence-corrected chi connectivity index (χ3v) is 4.71. The third-order valence-electron chi connectivity index (χ3n) is 4.71. The summed E-state index contributed by atoms with van der Waals surface area (Å²) < 4.78 is 3.33.